The molecule has 1 unspecified atom stereocenters. The summed E-state index contributed by atoms with van der Waals surface area (Å²) >= 11 is 0. The van der Waals surface area contributed by atoms with Crippen LogP contribution >= 0.6 is 0 Å². The molecule has 2 saturated heterocycles. The van der Waals surface area contributed by atoms with Crippen molar-refractivity contribution in [3.63, 3.8) is 0 Å². The Morgan fingerprint density at radius 3 is 2.55 bits per heavy atom. The first-order chi connectivity index (χ1) is 16.1. The molecule has 2 N–H and O–H groups in total. The minimum Gasteiger partial charge on any atom is -0.369 e. The fourth-order valence-electron chi connectivity index (χ4n) is 6.09. The van der Waals surface area contributed by atoms with Crippen molar-refractivity contribution >= 4 is 29.0 Å². The van der Waals surface area contributed by atoms with Gasteiger partial charge >= 0.3 is 0 Å². The van der Waals surface area contributed by atoms with Crippen LogP contribution in [0.1, 0.15) is 37.7 Å². The van der Waals surface area contributed by atoms with Crippen LogP contribution in [-0.4, -0.2) is 72.1 Å². The minimum absolute atomic E-state index is 0.154. The molecular weight excluding hydrogens is 414 g/mol. The maximum absolute atomic E-state index is 13.0. The van der Waals surface area contributed by atoms with Crippen LogP contribution < -0.4 is 20.4 Å². The fraction of sp³-hybridized carbons (Fsp3) is 0.560. The summed E-state index contributed by atoms with van der Waals surface area (Å²) in [5, 5.41) is 6.47. The molecule has 3 fully saturated rings. The van der Waals surface area contributed by atoms with E-state index in [1.165, 1.54) is 18.5 Å². The van der Waals surface area contributed by atoms with Gasteiger partial charge in [0.25, 0.3) is 0 Å². The molecule has 1 aromatic carbocycles. The van der Waals surface area contributed by atoms with E-state index in [0.29, 0.717) is 18.4 Å². The molecule has 1 aliphatic carbocycles. The van der Waals surface area contributed by atoms with Gasteiger partial charge in [0.15, 0.2) is 0 Å². The van der Waals surface area contributed by atoms with Gasteiger partial charge in [-0.25, -0.2) is 4.98 Å². The van der Waals surface area contributed by atoms with Gasteiger partial charge in [0, 0.05) is 68.3 Å². The van der Waals surface area contributed by atoms with Gasteiger partial charge in [-0.05, 0) is 50.6 Å². The number of amides is 1. The summed E-state index contributed by atoms with van der Waals surface area (Å²) in [6, 6.07) is 8.93. The first-order valence-corrected chi connectivity index (χ1v) is 12.4. The number of nitrogens with one attached hydrogen (secondary N) is 2. The molecule has 4 aliphatic rings. The summed E-state index contributed by atoms with van der Waals surface area (Å²) in [7, 11) is 2.18. The van der Waals surface area contributed by atoms with Crippen molar-refractivity contribution < 1.29 is 4.79 Å². The molecule has 0 radical (unpaired) electrons. The van der Waals surface area contributed by atoms with E-state index in [4.69, 9.17) is 4.98 Å². The predicted molar refractivity (Wildman–Crippen MR) is 130 cm³/mol. The molecule has 174 valence electrons. The Kier molecular flexibility index (Phi) is 5.13. The highest BCUT2D eigenvalue weighted by atomic mass is 16.2. The van der Waals surface area contributed by atoms with Gasteiger partial charge < -0.3 is 25.3 Å². The van der Waals surface area contributed by atoms with E-state index in [1.807, 2.05) is 6.20 Å². The predicted octanol–water partition coefficient (Wildman–Crippen LogP) is 2.54. The van der Waals surface area contributed by atoms with Crippen LogP contribution in [0.4, 0.5) is 23.1 Å². The molecule has 1 spiro atoms. The number of rotatable bonds is 4. The zero-order valence-corrected chi connectivity index (χ0v) is 19.4. The monoisotopic (exact) mass is 447 g/mol. The Labute approximate surface area is 195 Å². The van der Waals surface area contributed by atoms with Crippen molar-refractivity contribution in [3.8, 4) is 0 Å². The highest BCUT2D eigenvalue weighted by Crippen LogP contribution is 2.46. The van der Waals surface area contributed by atoms with Crippen molar-refractivity contribution in [3.05, 3.63) is 36.0 Å². The molecule has 33 heavy (non-hydrogen) atoms. The van der Waals surface area contributed by atoms with Crippen LogP contribution in [0.25, 0.3) is 0 Å². The van der Waals surface area contributed by atoms with Crippen molar-refractivity contribution in [2.24, 2.45) is 0 Å². The second-order valence-electron chi connectivity index (χ2n) is 10.0. The highest BCUT2D eigenvalue weighted by molar-refractivity contribution is 5.94. The lowest BCUT2D eigenvalue weighted by Gasteiger charge is -2.38. The van der Waals surface area contributed by atoms with E-state index in [1.54, 1.807) is 0 Å². The van der Waals surface area contributed by atoms with Crippen LogP contribution in [0.2, 0.25) is 0 Å². The van der Waals surface area contributed by atoms with Crippen LogP contribution in [0, 0.1) is 0 Å². The average molecular weight is 448 g/mol. The first kappa shape index (κ1) is 20.7. The summed E-state index contributed by atoms with van der Waals surface area (Å²) in [4.78, 5) is 29.7. The third kappa shape index (κ3) is 3.60. The Morgan fingerprint density at radius 1 is 1.09 bits per heavy atom. The number of piperazine rings is 1. The van der Waals surface area contributed by atoms with Gasteiger partial charge in [-0.2, -0.15) is 4.98 Å². The third-order valence-electron chi connectivity index (χ3n) is 7.94. The molecule has 8 nitrogen and oxygen atoms in total. The number of hydrogen-bond donors (Lipinski definition) is 2. The Bertz CT molecular complexity index is 1030. The average Bonchev–Trinajstić information content (AvgIpc) is 3.55. The minimum atomic E-state index is -0.477. The van der Waals surface area contributed by atoms with Crippen molar-refractivity contribution in [2.45, 2.75) is 50.1 Å². The van der Waals surface area contributed by atoms with Crippen molar-refractivity contribution in [1.82, 2.24) is 20.2 Å². The molecule has 3 aliphatic heterocycles. The molecule has 0 bridgehead atoms. The summed E-state index contributed by atoms with van der Waals surface area (Å²) in [5.74, 6) is 1.70. The molecule has 2 aromatic rings. The number of likely N-dealkylation sites (N-methyl/N-ethyl adjacent to an activating group) is 1. The Morgan fingerprint density at radius 2 is 1.85 bits per heavy atom. The lowest BCUT2D eigenvalue weighted by Crippen LogP contribution is -2.56. The van der Waals surface area contributed by atoms with E-state index in [0.717, 1.165) is 69.1 Å². The van der Waals surface area contributed by atoms with Crippen LogP contribution in [0.5, 0.6) is 0 Å². The molecule has 1 saturated carbocycles. The third-order valence-corrected chi connectivity index (χ3v) is 7.94. The van der Waals surface area contributed by atoms with Crippen LogP contribution in [0.15, 0.2) is 30.5 Å². The zero-order valence-electron chi connectivity index (χ0n) is 19.4. The number of nitrogens with zero attached hydrogens (tertiary/aromatic N) is 5. The lowest BCUT2D eigenvalue weighted by atomic mass is 9.91. The summed E-state index contributed by atoms with van der Waals surface area (Å²) in [6.07, 6.45) is 8.20. The Balaban J connectivity index is 1.23. The number of hydrogen-bond acceptors (Lipinski definition) is 7. The van der Waals surface area contributed by atoms with Gasteiger partial charge in [-0.1, -0.05) is 12.8 Å². The Hall–Kier alpha value is -2.87. The number of benzene rings is 1. The van der Waals surface area contributed by atoms with Crippen molar-refractivity contribution in [1.29, 1.82) is 0 Å². The number of fused-ring (bicyclic) bond motifs is 1. The van der Waals surface area contributed by atoms with Gasteiger partial charge in [-0.3, -0.25) is 4.79 Å². The summed E-state index contributed by atoms with van der Waals surface area (Å²) < 4.78 is 0. The van der Waals surface area contributed by atoms with Crippen molar-refractivity contribution in [2.75, 3.05) is 54.9 Å². The first-order valence-electron chi connectivity index (χ1n) is 12.4. The maximum atomic E-state index is 13.0. The molecule has 4 heterocycles. The number of anilines is 4. The van der Waals surface area contributed by atoms with Gasteiger partial charge in [0.1, 0.15) is 11.4 Å². The number of carbonyl (C=O) groups is 1. The second-order valence-corrected chi connectivity index (χ2v) is 10.0. The summed E-state index contributed by atoms with van der Waals surface area (Å²) in [6.45, 7) is 5.06. The molecule has 1 atom stereocenters. The summed E-state index contributed by atoms with van der Waals surface area (Å²) in [5.41, 5.74) is 2.85. The van der Waals surface area contributed by atoms with E-state index in [-0.39, 0.29) is 5.91 Å². The standard InChI is InChI=1S/C25H33N7O/c1-30-12-14-31(15-13-30)20-8-6-19(7-9-20)28-24-27-17-18-16-25(10-11-26-23(25)33)32(22(18)29-24)21-4-2-3-5-21/h6-9,17,21H,2-5,10-16H2,1H3,(H,26,33)(H,27,28,29). The molecule has 1 amide bonds. The quantitative estimate of drug-likeness (QED) is 0.746. The van der Waals surface area contributed by atoms with Gasteiger partial charge in [0.2, 0.25) is 11.9 Å². The van der Waals surface area contributed by atoms with E-state index in [9.17, 15) is 4.79 Å². The number of carbonyl (C=O) groups excluding carboxylic acids is 1. The molecule has 1 aromatic heterocycles. The maximum Gasteiger partial charge on any atom is 0.246 e. The topological polar surface area (TPSA) is 76.6 Å². The fourth-order valence-corrected chi connectivity index (χ4v) is 6.09. The van der Waals surface area contributed by atoms with Crippen LogP contribution in [-0.2, 0) is 11.2 Å². The molecule has 6 rings (SSSR count). The molecular formula is C25H33N7O. The highest BCUT2D eigenvalue weighted by Gasteiger charge is 2.55. The van der Waals surface area contributed by atoms with Gasteiger partial charge in [-0.15, -0.1) is 0 Å². The molecule has 8 heteroatoms. The largest absolute Gasteiger partial charge is 0.369 e. The normalized spacial score (nSPS) is 25.7. The van der Waals surface area contributed by atoms with E-state index < -0.39 is 5.54 Å². The van der Waals surface area contributed by atoms with Crippen LogP contribution in [0.3, 0.4) is 0 Å². The second kappa shape index (κ2) is 8.17. The lowest BCUT2D eigenvalue weighted by molar-refractivity contribution is -0.123. The van der Waals surface area contributed by atoms with Gasteiger partial charge in [0.05, 0.1) is 0 Å². The SMILES string of the molecule is CN1CCN(c2ccc(Nc3ncc4c(n3)N(C3CCCC3)C3(CCNC3=O)C4)cc2)CC1. The smallest absolute Gasteiger partial charge is 0.246 e. The van der Waals surface area contributed by atoms with E-state index in [2.05, 4.69) is 61.6 Å². The zero-order chi connectivity index (χ0) is 22.4. The number of aromatic nitrogens is 2. The van der Waals surface area contributed by atoms with E-state index >= 15 is 0 Å².